The van der Waals surface area contributed by atoms with E-state index in [1.807, 2.05) is 0 Å². The van der Waals surface area contributed by atoms with Gasteiger partial charge in [-0.3, -0.25) is 14.4 Å². The Kier molecular flexibility index (Phi) is 6.31. The van der Waals surface area contributed by atoms with Gasteiger partial charge in [-0.05, 0) is 36.4 Å². The number of halogens is 1. The summed E-state index contributed by atoms with van der Waals surface area (Å²) in [7, 11) is 0. The summed E-state index contributed by atoms with van der Waals surface area (Å²) in [4.78, 5) is 43.3. The molecule has 2 fully saturated rings. The molecule has 0 spiro atoms. The van der Waals surface area contributed by atoms with Crippen LogP contribution in [0.25, 0.3) is 0 Å². The normalized spacial score (nSPS) is 17.0. The molecular weight excluding hydrogens is 403 g/mol. The zero-order valence-corrected chi connectivity index (χ0v) is 17.2. The van der Waals surface area contributed by atoms with Gasteiger partial charge in [0.15, 0.2) is 0 Å². The first-order chi connectivity index (χ1) is 15.0. The van der Waals surface area contributed by atoms with Gasteiger partial charge in [-0.2, -0.15) is 0 Å². The number of hydrogen-bond acceptors (Lipinski definition) is 4. The molecule has 1 aromatic heterocycles. The fourth-order valence-electron chi connectivity index (χ4n) is 3.85. The van der Waals surface area contributed by atoms with E-state index in [2.05, 4.69) is 0 Å². The maximum absolute atomic E-state index is 13.1. The molecule has 2 aliphatic rings. The van der Waals surface area contributed by atoms with Gasteiger partial charge in [0.2, 0.25) is 5.91 Å². The first kappa shape index (κ1) is 21.0. The molecule has 2 aliphatic heterocycles. The average molecular weight is 428 g/mol. The molecule has 4 rings (SSSR count). The van der Waals surface area contributed by atoms with Crippen molar-refractivity contribution in [3.05, 3.63) is 59.7 Å². The quantitative estimate of drug-likeness (QED) is 0.731. The first-order valence-corrected chi connectivity index (χ1v) is 10.4. The molecule has 0 aliphatic carbocycles. The van der Waals surface area contributed by atoms with E-state index in [1.54, 1.807) is 37.6 Å². The van der Waals surface area contributed by atoms with Crippen molar-refractivity contribution < 1.29 is 23.5 Å². The highest BCUT2D eigenvalue weighted by molar-refractivity contribution is 5.95. The smallest absolute Gasteiger partial charge is 0.270 e. The average Bonchev–Trinajstić information content (AvgIpc) is 3.27. The SMILES string of the molecule is O=C(Cn1cccc1C(=O)N1CCN(C(=O)c2ccc(F)cc2)CC1)N1CCOCC1. The number of amides is 3. The second kappa shape index (κ2) is 9.30. The highest BCUT2D eigenvalue weighted by atomic mass is 19.1. The van der Waals surface area contributed by atoms with E-state index in [0.29, 0.717) is 63.7 Å². The molecule has 0 radical (unpaired) electrons. The number of carbonyl (C=O) groups excluding carboxylic acids is 3. The highest BCUT2D eigenvalue weighted by Gasteiger charge is 2.27. The minimum atomic E-state index is -0.387. The lowest BCUT2D eigenvalue weighted by Gasteiger charge is -2.35. The van der Waals surface area contributed by atoms with Crippen molar-refractivity contribution in [3.8, 4) is 0 Å². The van der Waals surface area contributed by atoms with E-state index < -0.39 is 0 Å². The van der Waals surface area contributed by atoms with Crippen molar-refractivity contribution in [1.82, 2.24) is 19.3 Å². The van der Waals surface area contributed by atoms with Crippen LogP contribution in [0, 0.1) is 5.82 Å². The molecule has 0 saturated carbocycles. The van der Waals surface area contributed by atoms with Crippen LogP contribution < -0.4 is 0 Å². The minimum absolute atomic E-state index is 0.0386. The van der Waals surface area contributed by atoms with Crippen molar-refractivity contribution in [2.24, 2.45) is 0 Å². The molecular formula is C22H25FN4O4. The lowest BCUT2D eigenvalue weighted by atomic mass is 10.1. The molecule has 2 aromatic rings. The number of carbonyl (C=O) groups is 3. The van der Waals surface area contributed by atoms with E-state index >= 15 is 0 Å². The maximum Gasteiger partial charge on any atom is 0.270 e. The van der Waals surface area contributed by atoms with E-state index in [1.165, 1.54) is 24.3 Å². The summed E-state index contributed by atoms with van der Waals surface area (Å²) in [6, 6.07) is 8.93. The predicted molar refractivity (Wildman–Crippen MR) is 110 cm³/mol. The molecule has 3 amide bonds. The van der Waals surface area contributed by atoms with Crippen molar-refractivity contribution in [2.45, 2.75) is 6.54 Å². The third-order valence-electron chi connectivity index (χ3n) is 5.66. The lowest BCUT2D eigenvalue weighted by molar-refractivity contribution is -0.135. The van der Waals surface area contributed by atoms with Gasteiger partial charge in [-0.1, -0.05) is 0 Å². The van der Waals surface area contributed by atoms with E-state index in [0.717, 1.165) is 0 Å². The Labute approximate surface area is 179 Å². The largest absolute Gasteiger partial charge is 0.378 e. The topological polar surface area (TPSA) is 75.1 Å². The van der Waals surface area contributed by atoms with Crippen LogP contribution in [0.2, 0.25) is 0 Å². The summed E-state index contributed by atoms with van der Waals surface area (Å²) in [6.07, 6.45) is 1.74. The number of rotatable bonds is 4. The van der Waals surface area contributed by atoms with Crippen LogP contribution in [0.3, 0.4) is 0 Å². The number of nitrogens with zero attached hydrogens (tertiary/aromatic N) is 4. The van der Waals surface area contributed by atoms with Gasteiger partial charge in [0.1, 0.15) is 18.1 Å². The molecule has 2 saturated heterocycles. The summed E-state index contributed by atoms with van der Waals surface area (Å²) in [6.45, 7) is 3.89. The van der Waals surface area contributed by atoms with Gasteiger partial charge in [0.05, 0.1) is 13.2 Å². The third-order valence-corrected chi connectivity index (χ3v) is 5.66. The predicted octanol–water partition coefficient (Wildman–Crippen LogP) is 1.08. The molecule has 1 aromatic carbocycles. The molecule has 31 heavy (non-hydrogen) atoms. The minimum Gasteiger partial charge on any atom is -0.378 e. The molecule has 8 nitrogen and oxygen atoms in total. The Balaban J connectivity index is 1.35. The maximum atomic E-state index is 13.1. The Morgan fingerprint density at radius 2 is 1.42 bits per heavy atom. The molecule has 0 unspecified atom stereocenters. The third kappa shape index (κ3) is 4.77. The summed E-state index contributed by atoms with van der Waals surface area (Å²) < 4.78 is 20.0. The summed E-state index contributed by atoms with van der Waals surface area (Å²) in [5.41, 5.74) is 0.886. The summed E-state index contributed by atoms with van der Waals surface area (Å²) in [5, 5.41) is 0. The fraction of sp³-hybridized carbons (Fsp3) is 0.409. The van der Waals surface area contributed by atoms with Crippen molar-refractivity contribution in [3.63, 3.8) is 0 Å². The Morgan fingerprint density at radius 1 is 0.806 bits per heavy atom. The number of piperazine rings is 1. The molecule has 0 N–H and O–H groups in total. The monoisotopic (exact) mass is 428 g/mol. The molecule has 0 bridgehead atoms. The number of aromatic nitrogens is 1. The van der Waals surface area contributed by atoms with Crippen LogP contribution >= 0.6 is 0 Å². The lowest BCUT2D eigenvalue weighted by Crippen LogP contribution is -2.51. The standard InChI is InChI=1S/C22H25FN4O4/c23-18-5-3-17(4-6-18)21(29)25-8-10-26(11-9-25)22(30)19-2-1-7-27(19)16-20(28)24-12-14-31-15-13-24/h1-7H,8-16H2. The van der Waals surface area contributed by atoms with Gasteiger partial charge >= 0.3 is 0 Å². The van der Waals surface area contributed by atoms with E-state index in [4.69, 9.17) is 4.74 Å². The number of benzene rings is 1. The number of hydrogen-bond donors (Lipinski definition) is 0. The Morgan fingerprint density at radius 3 is 2.06 bits per heavy atom. The highest BCUT2D eigenvalue weighted by Crippen LogP contribution is 2.14. The van der Waals surface area contributed by atoms with Gasteiger partial charge in [-0.15, -0.1) is 0 Å². The fourth-order valence-corrected chi connectivity index (χ4v) is 3.85. The molecule has 0 atom stereocenters. The van der Waals surface area contributed by atoms with Crippen LogP contribution in [0.15, 0.2) is 42.6 Å². The zero-order chi connectivity index (χ0) is 21.8. The van der Waals surface area contributed by atoms with Crippen LogP contribution in [-0.2, 0) is 16.1 Å². The van der Waals surface area contributed by atoms with Crippen LogP contribution in [0.4, 0.5) is 4.39 Å². The molecule has 3 heterocycles. The second-order valence-electron chi connectivity index (χ2n) is 7.61. The van der Waals surface area contributed by atoms with Crippen molar-refractivity contribution in [2.75, 3.05) is 52.5 Å². The van der Waals surface area contributed by atoms with E-state index in [-0.39, 0.29) is 30.1 Å². The van der Waals surface area contributed by atoms with Crippen molar-refractivity contribution in [1.29, 1.82) is 0 Å². The molecule has 164 valence electrons. The molecule has 9 heteroatoms. The summed E-state index contributed by atoms with van der Waals surface area (Å²) >= 11 is 0. The number of morpholine rings is 1. The van der Waals surface area contributed by atoms with Gasteiger partial charge < -0.3 is 24.0 Å². The van der Waals surface area contributed by atoms with Crippen LogP contribution in [0.1, 0.15) is 20.8 Å². The van der Waals surface area contributed by atoms with Gasteiger partial charge in [-0.25, -0.2) is 4.39 Å². The Hall–Kier alpha value is -3.20. The zero-order valence-electron chi connectivity index (χ0n) is 17.2. The van der Waals surface area contributed by atoms with Gasteiger partial charge in [0, 0.05) is 51.0 Å². The van der Waals surface area contributed by atoms with Crippen LogP contribution in [0.5, 0.6) is 0 Å². The van der Waals surface area contributed by atoms with Gasteiger partial charge in [0.25, 0.3) is 11.8 Å². The van der Waals surface area contributed by atoms with Crippen molar-refractivity contribution >= 4 is 17.7 Å². The number of ether oxygens (including phenoxy) is 1. The first-order valence-electron chi connectivity index (χ1n) is 10.4. The van der Waals surface area contributed by atoms with E-state index in [9.17, 15) is 18.8 Å². The van der Waals surface area contributed by atoms with Crippen LogP contribution in [-0.4, -0.2) is 89.5 Å². The summed E-state index contributed by atoms with van der Waals surface area (Å²) in [5.74, 6) is -0.759. The Bertz CT molecular complexity index is 945. The second-order valence-corrected chi connectivity index (χ2v) is 7.61.